The standard InChI is InChI=1S/C23H20F3N7O2/c1-35-20(23(24,25)26)18-11-32(12-27-18)16-5-2-4-14(10-16)22(34)30-19-7-3-6-17(29-19)21-31-28-13-33(21)15-8-9-15/h2-7,10-13,15,20H,8-9H2,1H3,(H,29,30,34). The molecule has 1 aromatic carbocycles. The van der Waals surface area contributed by atoms with E-state index in [1.54, 1.807) is 48.8 Å². The average molecular weight is 483 g/mol. The van der Waals surface area contributed by atoms with E-state index in [1.807, 2.05) is 4.57 Å². The van der Waals surface area contributed by atoms with Crippen molar-refractivity contribution in [2.45, 2.75) is 31.2 Å². The van der Waals surface area contributed by atoms with Gasteiger partial charge in [0.05, 0.1) is 12.0 Å². The number of nitrogens with zero attached hydrogens (tertiary/aromatic N) is 6. The van der Waals surface area contributed by atoms with Crippen LogP contribution in [-0.4, -0.2) is 48.5 Å². The largest absolute Gasteiger partial charge is 0.420 e. The third kappa shape index (κ3) is 4.78. The molecule has 1 unspecified atom stereocenters. The minimum atomic E-state index is -4.59. The number of hydrogen-bond donors (Lipinski definition) is 1. The van der Waals surface area contributed by atoms with Crippen molar-refractivity contribution in [1.82, 2.24) is 29.3 Å². The molecule has 1 N–H and O–H groups in total. The molecular formula is C23H20F3N7O2. The van der Waals surface area contributed by atoms with Crippen LogP contribution in [-0.2, 0) is 4.74 Å². The first-order chi connectivity index (χ1) is 16.8. The summed E-state index contributed by atoms with van der Waals surface area (Å²) >= 11 is 0. The minimum absolute atomic E-state index is 0.282. The lowest BCUT2D eigenvalue weighted by atomic mass is 10.2. The molecule has 1 atom stereocenters. The number of methoxy groups -OCH3 is 1. The van der Waals surface area contributed by atoms with Crippen LogP contribution in [0.2, 0.25) is 0 Å². The summed E-state index contributed by atoms with van der Waals surface area (Å²) in [5, 5.41) is 10.9. The zero-order valence-corrected chi connectivity index (χ0v) is 18.5. The molecule has 180 valence electrons. The molecule has 1 fully saturated rings. The Kier molecular flexibility index (Phi) is 5.81. The number of anilines is 1. The second kappa shape index (κ2) is 8.95. The molecule has 1 aliphatic carbocycles. The minimum Gasteiger partial charge on any atom is -0.366 e. The smallest absolute Gasteiger partial charge is 0.366 e. The number of carbonyl (C=O) groups is 1. The van der Waals surface area contributed by atoms with Crippen molar-refractivity contribution < 1.29 is 22.7 Å². The summed E-state index contributed by atoms with van der Waals surface area (Å²) < 4.78 is 47.3. The molecule has 3 heterocycles. The quantitative estimate of drug-likeness (QED) is 0.419. The van der Waals surface area contributed by atoms with Gasteiger partial charge in [0.15, 0.2) is 11.9 Å². The van der Waals surface area contributed by atoms with Crippen molar-refractivity contribution in [3.63, 3.8) is 0 Å². The lowest BCUT2D eigenvalue weighted by Gasteiger charge is -2.16. The highest BCUT2D eigenvalue weighted by atomic mass is 19.4. The fraction of sp³-hybridized carbons (Fsp3) is 0.261. The number of nitrogens with one attached hydrogen (secondary N) is 1. The Morgan fingerprint density at radius 3 is 2.71 bits per heavy atom. The van der Waals surface area contributed by atoms with E-state index in [0.29, 0.717) is 34.6 Å². The number of amides is 1. The van der Waals surface area contributed by atoms with Crippen LogP contribution in [0.4, 0.5) is 19.0 Å². The topological polar surface area (TPSA) is 99.8 Å². The van der Waals surface area contributed by atoms with Crippen molar-refractivity contribution in [3.8, 4) is 17.2 Å². The number of rotatable bonds is 7. The Morgan fingerprint density at radius 2 is 1.97 bits per heavy atom. The van der Waals surface area contributed by atoms with Gasteiger partial charge in [-0.25, -0.2) is 9.97 Å². The summed E-state index contributed by atoms with van der Waals surface area (Å²) in [5.74, 6) is 0.543. The van der Waals surface area contributed by atoms with Crippen molar-refractivity contribution in [1.29, 1.82) is 0 Å². The van der Waals surface area contributed by atoms with Gasteiger partial charge in [-0.15, -0.1) is 10.2 Å². The molecule has 0 radical (unpaired) electrons. The Balaban J connectivity index is 1.34. The second-order valence-electron chi connectivity index (χ2n) is 8.07. The van der Waals surface area contributed by atoms with E-state index in [1.165, 1.54) is 17.1 Å². The SMILES string of the molecule is COC(c1cn(-c2cccc(C(=O)Nc3cccc(-c4nncn4C4CC4)n3)c2)cn1)C(F)(F)F. The molecule has 9 nitrogen and oxygen atoms in total. The molecule has 1 saturated carbocycles. The zero-order chi connectivity index (χ0) is 24.6. The van der Waals surface area contributed by atoms with Crippen molar-refractivity contribution in [2.24, 2.45) is 0 Å². The van der Waals surface area contributed by atoms with Gasteiger partial charge in [-0.1, -0.05) is 12.1 Å². The van der Waals surface area contributed by atoms with E-state index in [4.69, 9.17) is 0 Å². The van der Waals surface area contributed by atoms with Gasteiger partial charge in [0, 0.05) is 30.6 Å². The average Bonchev–Trinajstić information content (AvgIpc) is 3.36. The summed E-state index contributed by atoms with van der Waals surface area (Å²) in [6.07, 6.45) is -0.457. The van der Waals surface area contributed by atoms with E-state index in [-0.39, 0.29) is 5.69 Å². The number of pyridine rings is 1. The van der Waals surface area contributed by atoms with E-state index in [9.17, 15) is 18.0 Å². The van der Waals surface area contributed by atoms with Crippen LogP contribution in [0.3, 0.4) is 0 Å². The fourth-order valence-electron chi connectivity index (χ4n) is 3.71. The lowest BCUT2D eigenvalue weighted by Crippen LogP contribution is -2.22. The lowest BCUT2D eigenvalue weighted by molar-refractivity contribution is -0.217. The fourth-order valence-corrected chi connectivity index (χ4v) is 3.71. The first kappa shape index (κ1) is 22.7. The number of hydrogen-bond acceptors (Lipinski definition) is 6. The van der Waals surface area contributed by atoms with Gasteiger partial charge >= 0.3 is 6.18 Å². The van der Waals surface area contributed by atoms with Gasteiger partial charge in [0.1, 0.15) is 17.8 Å². The van der Waals surface area contributed by atoms with E-state index < -0.39 is 18.2 Å². The summed E-state index contributed by atoms with van der Waals surface area (Å²) in [4.78, 5) is 21.2. The molecule has 35 heavy (non-hydrogen) atoms. The molecule has 0 saturated heterocycles. The van der Waals surface area contributed by atoms with Gasteiger partial charge in [-0.05, 0) is 43.2 Å². The maximum atomic E-state index is 13.1. The molecule has 0 bridgehead atoms. The van der Waals surface area contributed by atoms with Crippen LogP contribution in [0, 0.1) is 0 Å². The van der Waals surface area contributed by atoms with Gasteiger partial charge in [0.2, 0.25) is 0 Å². The van der Waals surface area contributed by atoms with Gasteiger partial charge < -0.3 is 19.2 Å². The summed E-state index contributed by atoms with van der Waals surface area (Å²) in [6.45, 7) is 0. The van der Waals surface area contributed by atoms with Crippen LogP contribution in [0.1, 0.15) is 41.0 Å². The molecule has 5 rings (SSSR count). The highest BCUT2D eigenvalue weighted by Gasteiger charge is 2.42. The highest BCUT2D eigenvalue weighted by Crippen LogP contribution is 2.37. The number of halogens is 3. The molecule has 4 aromatic rings. The number of benzene rings is 1. The summed E-state index contributed by atoms with van der Waals surface area (Å²) in [7, 11) is 0.973. The van der Waals surface area contributed by atoms with Gasteiger partial charge in [-0.2, -0.15) is 13.2 Å². The van der Waals surface area contributed by atoms with Crippen molar-refractivity contribution >= 4 is 11.7 Å². The van der Waals surface area contributed by atoms with E-state index >= 15 is 0 Å². The molecule has 12 heteroatoms. The first-order valence-corrected chi connectivity index (χ1v) is 10.8. The van der Waals surface area contributed by atoms with Crippen LogP contribution in [0.5, 0.6) is 0 Å². The number of aromatic nitrogens is 6. The molecule has 1 amide bonds. The molecular weight excluding hydrogens is 463 g/mol. The Hall–Kier alpha value is -4.06. The van der Waals surface area contributed by atoms with Crippen LogP contribution in [0.25, 0.3) is 17.2 Å². The van der Waals surface area contributed by atoms with Crippen LogP contribution < -0.4 is 5.32 Å². The van der Waals surface area contributed by atoms with E-state index in [2.05, 4.69) is 30.2 Å². The summed E-state index contributed by atoms with van der Waals surface area (Å²) in [6, 6.07) is 12.0. The van der Waals surface area contributed by atoms with Gasteiger partial charge in [-0.3, -0.25) is 4.79 Å². The third-order valence-corrected chi connectivity index (χ3v) is 5.54. The van der Waals surface area contributed by atoms with Gasteiger partial charge in [0.25, 0.3) is 5.91 Å². The van der Waals surface area contributed by atoms with Crippen LogP contribution in [0.15, 0.2) is 61.3 Å². The predicted octanol–water partition coefficient (Wildman–Crippen LogP) is 4.36. The van der Waals surface area contributed by atoms with E-state index in [0.717, 1.165) is 20.0 Å². The molecule has 0 spiro atoms. The molecule has 0 aliphatic heterocycles. The Morgan fingerprint density at radius 1 is 1.17 bits per heavy atom. The molecule has 3 aromatic heterocycles. The predicted molar refractivity (Wildman–Crippen MR) is 119 cm³/mol. The normalized spacial score (nSPS) is 14.6. The van der Waals surface area contributed by atoms with Crippen molar-refractivity contribution in [2.75, 3.05) is 12.4 Å². The van der Waals surface area contributed by atoms with Crippen molar-refractivity contribution in [3.05, 3.63) is 72.6 Å². The number of carbonyl (C=O) groups excluding carboxylic acids is 1. The summed E-state index contributed by atoms with van der Waals surface area (Å²) in [5.41, 5.74) is 1.07. The second-order valence-corrected chi connectivity index (χ2v) is 8.07. The number of ether oxygens (including phenoxy) is 1. The number of alkyl halides is 3. The third-order valence-electron chi connectivity index (χ3n) is 5.54. The maximum absolute atomic E-state index is 13.1. The monoisotopic (exact) mass is 483 g/mol. The maximum Gasteiger partial charge on any atom is 0.420 e. The highest BCUT2D eigenvalue weighted by molar-refractivity contribution is 6.04. The Labute approximate surface area is 197 Å². The molecule has 1 aliphatic rings. The first-order valence-electron chi connectivity index (χ1n) is 10.8. The number of imidazole rings is 1. The Bertz CT molecular complexity index is 1360. The van der Waals surface area contributed by atoms with Crippen LogP contribution >= 0.6 is 0 Å². The zero-order valence-electron chi connectivity index (χ0n) is 18.5.